The number of nitrogens with zero attached hydrogens (tertiary/aromatic N) is 4. The maximum atomic E-state index is 5.35. The van der Waals surface area contributed by atoms with Crippen molar-refractivity contribution in [3.05, 3.63) is 72.1 Å². The molecule has 2 aromatic carbocycles. The Morgan fingerprint density at radius 3 is 2.65 bits per heavy atom. The monoisotopic (exact) mass is 347 g/mol. The van der Waals surface area contributed by atoms with E-state index in [0.29, 0.717) is 0 Å². The molecule has 0 radical (unpaired) electrons. The fourth-order valence-corrected chi connectivity index (χ4v) is 3.10. The predicted octanol–water partition coefficient (Wildman–Crippen LogP) is 3.41. The summed E-state index contributed by atoms with van der Waals surface area (Å²) < 4.78 is 7.25. The number of hydrogen-bond donors (Lipinski definition) is 1. The van der Waals surface area contributed by atoms with Crippen LogP contribution in [-0.2, 0) is 0 Å². The van der Waals surface area contributed by atoms with E-state index in [4.69, 9.17) is 4.74 Å². The van der Waals surface area contributed by atoms with E-state index in [9.17, 15) is 0 Å². The van der Waals surface area contributed by atoms with Crippen LogP contribution in [0.1, 0.15) is 17.2 Å². The molecule has 3 aromatic rings. The number of rotatable bonds is 4. The lowest BCUT2D eigenvalue weighted by Gasteiger charge is -2.25. The van der Waals surface area contributed by atoms with Crippen molar-refractivity contribution in [1.29, 1.82) is 0 Å². The van der Waals surface area contributed by atoms with E-state index in [1.54, 1.807) is 13.4 Å². The minimum atomic E-state index is -0.0221. The molecular formula is C20H21N5O. The zero-order valence-corrected chi connectivity index (χ0v) is 15.0. The summed E-state index contributed by atoms with van der Waals surface area (Å²) in [5.41, 5.74) is 4.36. The Bertz CT molecular complexity index is 943. The molecule has 0 unspecified atom stereocenters. The standard InChI is InChI=1S/C20H21N5O/c1-24(2)16-9-7-14(8-10-16)19-12-18(23-20-21-13-22-25(19)20)15-5-4-6-17(11-15)26-3/h4-13,19H,1-3H3,(H,21,22,23)/t19-/m1/s1. The molecule has 1 aliphatic rings. The lowest BCUT2D eigenvalue weighted by Crippen LogP contribution is -2.20. The van der Waals surface area contributed by atoms with Crippen molar-refractivity contribution in [3.63, 3.8) is 0 Å². The van der Waals surface area contributed by atoms with Crippen LogP contribution >= 0.6 is 0 Å². The Kier molecular flexibility index (Phi) is 4.08. The van der Waals surface area contributed by atoms with Gasteiger partial charge in [0.05, 0.1) is 7.11 Å². The molecule has 1 aromatic heterocycles. The molecule has 132 valence electrons. The minimum absolute atomic E-state index is 0.0221. The molecule has 0 bridgehead atoms. The number of aromatic nitrogens is 3. The maximum absolute atomic E-state index is 5.35. The first-order valence-corrected chi connectivity index (χ1v) is 8.46. The summed E-state index contributed by atoms with van der Waals surface area (Å²) in [6.07, 6.45) is 3.74. The third kappa shape index (κ3) is 2.90. The fourth-order valence-electron chi connectivity index (χ4n) is 3.10. The molecule has 6 heteroatoms. The van der Waals surface area contributed by atoms with Gasteiger partial charge in [0.2, 0.25) is 5.95 Å². The first-order chi connectivity index (χ1) is 12.7. The Hall–Kier alpha value is -3.28. The molecule has 4 rings (SSSR count). The Morgan fingerprint density at radius 2 is 1.92 bits per heavy atom. The zero-order chi connectivity index (χ0) is 18.1. The van der Waals surface area contributed by atoms with Gasteiger partial charge in [-0.3, -0.25) is 0 Å². The van der Waals surface area contributed by atoms with Crippen LogP contribution in [0.15, 0.2) is 60.9 Å². The van der Waals surface area contributed by atoms with Crippen LogP contribution in [-0.4, -0.2) is 36.0 Å². The van der Waals surface area contributed by atoms with Crippen LogP contribution in [0.4, 0.5) is 11.6 Å². The second-order valence-corrected chi connectivity index (χ2v) is 6.40. The molecule has 0 fully saturated rings. The van der Waals surface area contributed by atoms with Gasteiger partial charge in [-0.25, -0.2) is 4.68 Å². The quantitative estimate of drug-likeness (QED) is 0.784. The van der Waals surface area contributed by atoms with E-state index in [1.165, 1.54) is 5.69 Å². The molecule has 1 aliphatic heterocycles. The highest BCUT2D eigenvalue weighted by atomic mass is 16.5. The lowest BCUT2D eigenvalue weighted by molar-refractivity contribution is 0.414. The van der Waals surface area contributed by atoms with Gasteiger partial charge in [0.15, 0.2) is 0 Å². The summed E-state index contributed by atoms with van der Waals surface area (Å²) in [6, 6.07) is 16.5. The van der Waals surface area contributed by atoms with Crippen LogP contribution in [0.2, 0.25) is 0 Å². The average Bonchev–Trinajstić information content (AvgIpc) is 3.16. The highest BCUT2D eigenvalue weighted by Crippen LogP contribution is 2.33. The van der Waals surface area contributed by atoms with Crippen molar-refractivity contribution >= 4 is 17.3 Å². The zero-order valence-electron chi connectivity index (χ0n) is 15.0. The van der Waals surface area contributed by atoms with Crippen molar-refractivity contribution in [1.82, 2.24) is 14.8 Å². The summed E-state index contributed by atoms with van der Waals surface area (Å²) in [5.74, 6) is 1.55. The van der Waals surface area contributed by atoms with Gasteiger partial charge in [-0.1, -0.05) is 24.3 Å². The Labute approximate surface area is 152 Å². The van der Waals surface area contributed by atoms with Gasteiger partial charge in [0.25, 0.3) is 0 Å². The number of methoxy groups -OCH3 is 1. The van der Waals surface area contributed by atoms with Crippen molar-refractivity contribution in [3.8, 4) is 5.75 Å². The van der Waals surface area contributed by atoms with Gasteiger partial charge in [0, 0.05) is 31.0 Å². The number of anilines is 2. The normalized spacial score (nSPS) is 15.7. The fraction of sp³-hybridized carbons (Fsp3) is 0.200. The third-order valence-electron chi connectivity index (χ3n) is 4.54. The largest absolute Gasteiger partial charge is 0.497 e. The molecule has 0 saturated carbocycles. The summed E-state index contributed by atoms with van der Waals surface area (Å²) >= 11 is 0. The number of hydrogen-bond acceptors (Lipinski definition) is 5. The molecule has 0 saturated heterocycles. The van der Waals surface area contributed by atoms with Gasteiger partial charge in [-0.2, -0.15) is 10.1 Å². The molecule has 1 atom stereocenters. The molecule has 0 amide bonds. The topological polar surface area (TPSA) is 55.2 Å². The summed E-state index contributed by atoms with van der Waals surface area (Å²) in [4.78, 5) is 6.44. The molecular weight excluding hydrogens is 326 g/mol. The van der Waals surface area contributed by atoms with E-state index in [-0.39, 0.29) is 6.04 Å². The number of nitrogens with one attached hydrogen (secondary N) is 1. The molecule has 1 N–H and O–H groups in total. The SMILES string of the molecule is COc1cccc(C2=C[C@H](c3ccc(N(C)C)cc3)n3ncnc3N2)c1. The van der Waals surface area contributed by atoms with Crippen molar-refractivity contribution in [2.75, 3.05) is 31.4 Å². The third-order valence-corrected chi connectivity index (χ3v) is 4.54. The number of allylic oxidation sites excluding steroid dienone is 1. The van der Waals surface area contributed by atoms with Crippen molar-refractivity contribution < 1.29 is 4.74 Å². The van der Waals surface area contributed by atoms with E-state index < -0.39 is 0 Å². The van der Waals surface area contributed by atoms with E-state index >= 15 is 0 Å². The summed E-state index contributed by atoms with van der Waals surface area (Å²) in [6.45, 7) is 0. The Balaban J connectivity index is 1.75. The van der Waals surface area contributed by atoms with Gasteiger partial charge in [0.1, 0.15) is 18.1 Å². The van der Waals surface area contributed by atoms with Crippen LogP contribution in [0.25, 0.3) is 5.70 Å². The van der Waals surface area contributed by atoms with Crippen LogP contribution in [0.5, 0.6) is 5.75 Å². The number of fused-ring (bicyclic) bond motifs is 1. The molecule has 0 aliphatic carbocycles. The maximum Gasteiger partial charge on any atom is 0.226 e. The molecule has 6 nitrogen and oxygen atoms in total. The summed E-state index contributed by atoms with van der Waals surface area (Å²) in [7, 11) is 5.75. The Morgan fingerprint density at radius 1 is 1.12 bits per heavy atom. The molecule has 0 spiro atoms. The number of benzene rings is 2. The van der Waals surface area contributed by atoms with Gasteiger partial charge in [-0.15, -0.1) is 0 Å². The average molecular weight is 347 g/mol. The second kappa shape index (κ2) is 6.55. The van der Waals surface area contributed by atoms with Crippen molar-refractivity contribution in [2.45, 2.75) is 6.04 Å². The van der Waals surface area contributed by atoms with Crippen molar-refractivity contribution in [2.24, 2.45) is 0 Å². The minimum Gasteiger partial charge on any atom is -0.497 e. The first kappa shape index (κ1) is 16.2. The highest BCUT2D eigenvalue weighted by molar-refractivity contribution is 5.77. The smallest absolute Gasteiger partial charge is 0.226 e. The van der Waals surface area contributed by atoms with E-state index in [2.05, 4.69) is 56.7 Å². The van der Waals surface area contributed by atoms with E-state index in [1.807, 2.05) is 37.0 Å². The van der Waals surface area contributed by atoms with Gasteiger partial charge < -0.3 is 15.0 Å². The van der Waals surface area contributed by atoms with Crippen LogP contribution < -0.4 is 15.0 Å². The van der Waals surface area contributed by atoms with Gasteiger partial charge in [-0.05, 0) is 35.9 Å². The molecule has 26 heavy (non-hydrogen) atoms. The number of ether oxygens (including phenoxy) is 1. The van der Waals surface area contributed by atoms with Crippen LogP contribution in [0, 0.1) is 0 Å². The van der Waals surface area contributed by atoms with E-state index in [0.717, 1.165) is 28.5 Å². The first-order valence-electron chi connectivity index (χ1n) is 8.46. The van der Waals surface area contributed by atoms with Crippen LogP contribution in [0.3, 0.4) is 0 Å². The second-order valence-electron chi connectivity index (χ2n) is 6.40. The predicted molar refractivity (Wildman–Crippen MR) is 104 cm³/mol. The lowest BCUT2D eigenvalue weighted by atomic mass is 10.0. The molecule has 2 heterocycles. The van der Waals surface area contributed by atoms with Gasteiger partial charge >= 0.3 is 0 Å². The highest BCUT2D eigenvalue weighted by Gasteiger charge is 2.23. The summed E-state index contributed by atoms with van der Waals surface area (Å²) in [5, 5.41) is 7.76.